The first-order valence-electron chi connectivity index (χ1n) is 5.88. The fourth-order valence-electron chi connectivity index (χ4n) is 1.54. The number of carbonyl (C=O) groups is 1. The molecule has 0 aliphatic carbocycles. The minimum atomic E-state index is -1.10. The Balaban J connectivity index is 2.23. The second-order valence-corrected chi connectivity index (χ2v) is 5.30. The second kappa shape index (κ2) is 6.17. The van der Waals surface area contributed by atoms with E-state index in [1.54, 1.807) is 14.1 Å². The molecule has 1 aromatic heterocycles. The van der Waals surface area contributed by atoms with Gasteiger partial charge >= 0.3 is 0 Å². The van der Waals surface area contributed by atoms with Gasteiger partial charge in [0.15, 0.2) is 11.6 Å². The molecule has 0 N–H and O–H groups in total. The van der Waals surface area contributed by atoms with Gasteiger partial charge in [0.25, 0.3) is 5.91 Å². The third-order valence-electron chi connectivity index (χ3n) is 2.56. The third kappa shape index (κ3) is 3.55. The van der Waals surface area contributed by atoms with E-state index >= 15 is 0 Å². The molecule has 0 saturated heterocycles. The third-order valence-corrected chi connectivity index (χ3v) is 3.02. The lowest BCUT2D eigenvalue weighted by molar-refractivity contribution is 0.0827. The normalized spacial score (nSPS) is 10.3. The van der Waals surface area contributed by atoms with E-state index in [1.165, 1.54) is 29.3 Å². The second-order valence-electron chi connectivity index (χ2n) is 4.39. The molecule has 1 heterocycles. The van der Waals surface area contributed by atoms with Crippen LogP contribution in [0.5, 0.6) is 11.6 Å². The molecular formula is C14H11BrF2N2O2. The summed E-state index contributed by atoms with van der Waals surface area (Å²) in [5.74, 6) is -2.58. The van der Waals surface area contributed by atoms with Crippen LogP contribution >= 0.6 is 15.9 Å². The number of hydrogen-bond donors (Lipinski definition) is 0. The van der Waals surface area contributed by atoms with Crippen LogP contribution < -0.4 is 4.74 Å². The minimum Gasteiger partial charge on any atom is -0.436 e. The summed E-state index contributed by atoms with van der Waals surface area (Å²) in [5.41, 5.74) is 0.369. The van der Waals surface area contributed by atoms with Crippen LogP contribution in [0.1, 0.15) is 10.4 Å². The Bertz CT molecular complexity index is 675. The van der Waals surface area contributed by atoms with Crippen molar-refractivity contribution in [2.75, 3.05) is 14.1 Å². The van der Waals surface area contributed by atoms with Gasteiger partial charge in [0.1, 0.15) is 0 Å². The molecule has 1 amide bonds. The van der Waals surface area contributed by atoms with Gasteiger partial charge in [0.2, 0.25) is 11.7 Å². The lowest BCUT2D eigenvalue weighted by Gasteiger charge is -2.10. The first-order valence-corrected chi connectivity index (χ1v) is 6.68. The lowest BCUT2D eigenvalue weighted by atomic mass is 10.2. The number of hydrogen-bond acceptors (Lipinski definition) is 3. The zero-order valence-electron chi connectivity index (χ0n) is 11.2. The zero-order chi connectivity index (χ0) is 15.6. The minimum absolute atomic E-state index is 0.0571. The highest BCUT2D eigenvalue weighted by Crippen LogP contribution is 2.28. The van der Waals surface area contributed by atoms with Crippen LogP contribution in [0, 0.1) is 11.6 Å². The van der Waals surface area contributed by atoms with E-state index in [9.17, 15) is 13.6 Å². The Morgan fingerprint density at radius 3 is 2.57 bits per heavy atom. The van der Waals surface area contributed by atoms with Crippen molar-refractivity contribution in [3.63, 3.8) is 0 Å². The van der Waals surface area contributed by atoms with Gasteiger partial charge in [-0.3, -0.25) is 4.79 Å². The molecule has 0 aliphatic rings. The van der Waals surface area contributed by atoms with E-state index in [1.807, 2.05) is 0 Å². The molecule has 2 aromatic rings. The standard InChI is InChI=1S/C14H11BrF2N2O2/c1-19(2)14(20)8-3-4-12(18-7-8)21-11-6-9(15)5-10(16)13(11)17/h3-7H,1-2H3. The van der Waals surface area contributed by atoms with Crippen molar-refractivity contribution in [1.82, 2.24) is 9.88 Å². The predicted molar refractivity (Wildman–Crippen MR) is 76.4 cm³/mol. The van der Waals surface area contributed by atoms with Crippen LogP contribution in [0.2, 0.25) is 0 Å². The summed E-state index contributed by atoms with van der Waals surface area (Å²) >= 11 is 3.05. The van der Waals surface area contributed by atoms with Crippen molar-refractivity contribution in [2.24, 2.45) is 0 Å². The van der Waals surface area contributed by atoms with Gasteiger partial charge in [-0.05, 0) is 18.2 Å². The van der Waals surface area contributed by atoms with Gasteiger partial charge < -0.3 is 9.64 Å². The summed E-state index contributed by atoms with van der Waals surface area (Å²) in [6.45, 7) is 0. The van der Waals surface area contributed by atoms with E-state index in [2.05, 4.69) is 20.9 Å². The van der Waals surface area contributed by atoms with Crippen LogP contribution in [0.3, 0.4) is 0 Å². The van der Waals surface area contributed by atoms with Crippen LogP contribution in [0.4, 0.5) is 8.78 Å². The molecule has 7 heteroatoms. The summed E-state index contributed by atoms with van der Waals surface area (Å²) in [5, 5.41) is 0. The number of halogens is 3. The molecule has 0 aliphatic heterocycles. The first-order chi connectivity index (χ1) is 9.88. The van der Waals surface area contributed by atoms with Crippen LogP contribution in [-0.4, -0.2) is 29.9 Å². The molecule has 0 saturated carbocycles. The van der Waals surface area contributed by atoms with Gasteiger partial charge in [-0.15, -0.1) is 0 Å². The van der Waals surface area contributed by atoms with E-state index in [0.29, 0.717) is 10.0 Å². The fourth-order valence-corrected chi connectivity index (χ4v) is 1.95. The van der Waals surface area contributed by atoms with Crippen molar-refractivity contribution in [2.45, 2.75) is 0 Å². The number of pyridine rings is 1. The van der Waals surface area contributed by atoms with Crippen LogP contribution in [0.25, 0.3) is 0 Å². The van der Waals surface area contributed by atoms with Crippen molar-refractivity contribution < 1.29 is 18.3 Å². The average Bonchev–Trinajstić information content (AvgIpc) is 2.44. The van der Waals surface area contributed by atoms with Gasteiger partial charge in [-0.1, -0.05) is 15.9 Å². The number of ether oxygens (including phenoxy) is 1. The molecule has 2 rings (SSSR count). The highest BCUT2D eigenvalue weighted by atomic mass is 79.9. The van der Waals surface area contributed by atoms with Gasteiger partial charge in [-0.2, -0.15) is 4.39 Å². The van der Waals surface area contributed by atoms with E-state index in [0.717, 1.165) is 6.07 Å². The molecule has 1 aromatic carbocycles. The van der Waals surface area contributed by atoms with E-state index in [-0.39, 0.29) is 17.5 Å². The molecule has 110 valence electrons. The Labute approximate surface area is 128 Å². The van der Waals surface area contributed by atoms with Crippen molar-refractivity contribution in [1.29, 1.82) is 0 Å². The SMILES string of the molecule is CN(C)C(=O)c1ccc(Oc2cc(Br)cc(F)c2F)nc1. The number of carbonyl (C=O) groups excluding carboxylic acids is 1. The van der Waals surface area contributed by atoms with Gasteiger partial charge in [-0.25, -0.2) is 9.37 Å². The lowest BCUT2D eigenvalue weighted by Crippen LogP contribution is -2.21. The van der Waals surface area contributed by atoms with Crippen LogP contribution in [0.15, 0.2) is 34.9 Å². The van der Waals surface area contributed by atoms with Crippen LogP contribution in [-0.2, 0) is 0 Å². The highest BCUT2D eigenvalue weighted by Gasteiger charge is 2.13. The number of nitrogens with zero attached hydrogens (tertiary/aromatic N) is 2. The Kier molecular flexibility index (Phi) is 4.52. The molecule has 4 nitrogen and oxygen atoms in total. The number of benzene rings is 1. The Hall–Kier alpha value is -2.02. The maximum absolute atomic E-state index is 13.6. The summed E-state index contributed by atoms with van der Waals surface area (Å²) in [6.07, 6.45) is 1.31. The van der Waals surface area contributed by atoms with Crippen molar-refractivity contribution in [3.8, 4) is 11.6 Å². The Morgan fingerprint density at radius 1 is 1.29 bits per heavy atom. The molecule has 0 atom stereocenters. The first kappa shape index (κ1) is 15.4. The predicted octanol–water partition coefficient (Wildman–Crippen LogP) is 3.62. The molecular weight excluding hydrogens is 346 g/mol. The zero-order valence-corrected chi connectivity index (χ0v) is 12.8. The molecule has 21 heavy (non-hydrogen) atoms. The van der Waals surface area contributed by atoms with Gasteiger partial charge in [0, 0.05) is 30.8 Å². The summed E-state index contributed by atoms with van der Waals surface area (Å²) in [7, 11) is 3.23. The monoisotopic (exact) mass is 356 g/mol. The van der Waals surface area contributed by atoms with E-state index in [4.69, 9.17) is 4.74 Å². The fraction of sp³-hybridized carbons (Fsp3) is 0.143. The molecule has 0 spiro atoms. The summed E-state index contributed by atoms with van der Waals surface area (Å²) < 4.78 is 32.3. The van der Waals surface area contributed by atoms with Crippen molar-refractivity contribution in [3.05, 3.63) is 52.1 Å². The molecule has 0 bridgehead atoms. The molecule has 0 unspecified atom stereocenters. The maximum atomic E-state index is 13.6. The van der Waals surface area contributed by atoms with E-state index < -0.39 is 11.6 Å². The summed E-state index contributed by atoms with van der Waals surface area (Å²) in [6, 6.07) is 5.19. The van der Waals surface area contributed by atoms with Gasteiger partial charge in [0.05, 0.1) is 5.56 Å². The molecule has 0 radical (unpaired) electrons. The topological polar surface area (TPSA) is 42.4 Å². The quantitative estimate of drug-likeness (QED) is 0.788. The highest BCUT2D eigenvalue weighted by molar-refractivity contribution is 9.10. The summed E-state index contributed by atoms with van der Waals surface area (Å²) in [4.78, 5) is 17.0. The number of aromatic nitrogens is 1. The average molecular weight is 357 g/mol. The number of amides is 1. The number of rotatable bonds is 3. The molecule has 0 fully saturated rings. The largest absolute Gasteiger partial charge is 0.436 e. The Morgan fingerprint density at radius 2 is 2.00 bits per heavy atom. The maximum Gasteiger partial charge on any atom is 0.254 e. The smallest absolute Gasteiger partial charge is 0.254 e. The van der Waals surface area contributed by atoms with Crippen molar-refractivity contribution >= 4 is 21.8 Å².